The predicted molar refractivity (Wildman–Crippen MR) is 52.2 cm³/mol. The molecule has 0 spiro atoms. The SMILES string of the molecule is C=CC(C(=O)OCC1CC1)C(C)C. The van der Waals surface area contributed by atoms with Crippen LogP contribution in [0.15, 0.2) is 12.7 Å². The summed E-state index contributed by atoms with van der Waals surface area (Å²) in [5, 5.41) is 0. The molecule has 1 fully saturated rings. The van der Waals surface area contributed by atoms with E-state index in [0.29, 0.717) is 12.5 Å². The molecule has 2 heteroatoms. The van der Waals surface area contributed by atoms with E-state index in [2.05, 4.69) is 6.58 Å². The molecule has 1 saturated carbocycles. The summed E-state index contributed by atoms with van der Waals surface area (Å²) in [5.41, 5.74) is 0. The standard InChI is InChI=1S/C11H18O2/c1-4-10(8(2)3)11(12)13-7-9-5-6-9/h4,8-10H,1,5-7H2,2-3H3. The Bertz CT molecular complexity index is 192. The van der Waals surface area contributed by atoms with Crippen molar-refractivity contribution >= 4 is 5.97 Å². The van der Waals surface area contributed by atoms with Crippen LogP contribution in [-0.2, 0) is 9.53 Å². The lowest BCUT2D eigenvalue weighted by Gasteiger charge is -2.14. The van der Waals surface area contributed by atoms with E-state index in [9.17, 15) is 4.79 Å². The van der Waals surface area contributed by atoms with Crippen molar-refractivity contribution in [3.05, 3.63) is 12.7 Å². The van der Waals surface area contributed by atoms with Gasteiger partial charge in [0.05, 0.1) is 12.5 Å². The molecule has 1 atom stereocenters. The first-order valence-electron chi connectivity index (χ1n) is 4.94. The molecule has 1 aliphatic carbocycles. The van der Waals surface area contributed by atoms with Gasteiger partial charge in [0.1, 0.15) is 0 Å². The topological polar surface area (TPSA) is 26.3 Å². The Morgan fingerprint density at radius 1 is 1.62 bits per heavy atom. The van der Waals surface area contributed by atoms with Gasteiger partial charge in [-0.3, -0.25) is 4.79 Å². The van der Waals surface area contributed by atoms with Gasteiger partial charge in [0, 0.05) is 0 Å². The van der Waals surface area contributed by atoms with Crippen LogP contribution in [0.25, 0.3) is 0 Å². The molecule has 1 unspecified atom stereocenters. The van der Waals surface area contributed by atoms with E-state index in [0.717, 1.165) is 0 Å². The quantitative estimate of drug-likeness (QED) is 0.482. The Kier molecular flexibility index (Phi) is 3.52. The molecule has 2 nitrogen and oxygen atoms in total. The van der Waals surface area contributed by atoms with E-state index in [-0.39, 0.29) is 17.8 Å². The first kappa shape index (κ1) is 10.3. The molecular formula is C11H18O2. The molecule has 0 saturated heterocycles. The Labute approximate surface area is 80.0 Å². The average Bonchev–Trinajstić information content (AvgIpc) is 2.84. The minimum atomic E-state index is -0.140. The van der Waals surface area contributed by atoms with Crippen LogP contribution in [-0.4, -0.2) is 12.6 Å². The zero-order valence-electron chi connectivity index (χ0n) is 8.45. The van der Waals surface area contributed by atoms with Crippen molar-refractivity contribution in [1.82, 2.24) is 0 Å². The van der Waals surface area contributed by atoms with E-state index in [1.807, 2.05) is 13.8 Å². The van der Waals surface area contributed by atoms with Crippen LogP contribution >= 0.6 is 0 Å². The molecule has 0 radical (unpaired) electrons. The van der Waals surface area contributed by atoms with E-state index >= 15 is 0 Å². The fraction of sp³-hybridized carbons (Fsp3) is 0.727. The minimum Gasteiger partial charge on any atom is -0.465 e. The molecule has 0 aromatic heterocycles. The predicted octanol–water partition coefficient (Wildman–Crippen LogP) is 2.40. The van der Waals surface area contributed by atoms with Crippen molar-refractivity contribution in [2.24, 2.45) is 17.8 Å². The monoisotopic (exact) mass is 182 g/mol. The fourth-order valence-electron chi connectivity index (χ4n) is 1.22. The van der Waals surface area contributed by atoms with Crippen LogP contribution in [0.2, 0.25) is 0 Å². The molecular weight excluding hydrogens is 164 g/mol. The molecule has 0 amide bonds. The van der Waals surface area contributed by atoms with Crippen LogP contribution < -0.4 is 0 Å². The summed E-state index contributed by atoms with van der Waals surface area (Å²) in [5.74, 6) is 0.668. The zero-order valence-corrected chi connectivity index (χ0v) is 8.45. The van der Waals surface area contributed by atoms with E-state index in [4.69, 9.17) is 4.74 Å². The lowest BCUT2D eigenvalue weighted by molar-refractivity contribution is -0.148. The second-order valence-corrected chi connectivity index (χ2v) is 4.08. The number of rotatable bonds is 5. The van der Waals surface area contributed by atoms with Gasteiger partial charge in [0.2, 0.25) is 0 Å². The third-order valence-corrected chi connectivity index (χ3v) is 2.40. The number of carbonyl (C=O) groups is 1. The Morgan fingerprint density at radius 3 is 2.62 bits per heavy atom. The van der Waals surface area contributed by atoms with Gasteiger partial charge >= 0.3 is 5.97 Å². The molecule has 0 aromatic rings. The van der Waals surface area contributed by atoms with Crippen LogP contribution in [0.4, 0.5) is 0 Å². The lowest BCUT2D eigenvalue weighted by Crippen LogP contribution is -2.21. The maximum Gasteiger partial charge on any atom is 0.313 e. The molecule has 13 heavy (non-hydrogen) atoms. The molecule has 0 heterocycles. The van der Waals surface area contributed by atoms with Gasteiger partial charge in [-0.05, 0) is 24.7 Å². The number of hydrogen-bond donors (Lipinski definition) is 0. The first-order valence-corrected chi connectivity index (χ1v) is 4.94. The number of carbonyl (C=O) groups excluding carboxylic acids is 1. The van der Waals surface area contributed by atoms with Crippen LogP contribution in [0.5, 0.6) is 0 Å². The van der Waals surface area contributed by atoms with Crippen molar-refractivity contribution in [2.75, 3.05) is 6.61 Å². The maximum absolute atomic E-state index is 11.5. The molecule has 0 aliphatic heterocycles. The van der Waals surface area contributed by atoms with Gasteiger partial charge in [0.25, 0.3) is 0 Å². The van der Waals surface area contributed by atoms with Crippen molar-refractivity contribution in [3.8, 4) is 0 Å². The highest BCUT2D eigenvalue weighted by Crippen LogP contribution is 2.29. The average molecular weight is 182 g/mol. The number of hydrogen-bond acceptors (Lipinski definition) is 2. The maximum atomic E-state index is 11.5. The van der Waals surface area contributed by atoms with Gasteiger partial charge in [-0.1, -0.05) is 19.9 Å². The van der Waals surface area contributed by atoms with Crippen molar-refractivity contribution < 1.29 is 9.53 Å². The second kappa shape index (κ2) is 4.45. The zero-order chi connectivity index (χ0) is 9.84. The van der Waals surface area contributed by atoms with Crippen molar-refractivity contribution in [3.63, 3.8) is 0 Å². The van der Waals surface area contributed by atoms with Gasteiger partial charge in [-0.2, -0.15) is 0 Å². The normalized spacial score (nSPS) is 18.4. The molecule has 0 aromatic carbocycles. The summed E-state index contributed by atoms with van der Waals surface area (Å²) in [6.45, 7) is 8.26. The third-order valence-electron chi connectivity index (χ3n) is 2.40. The lowest BCUT2D eigenvalue weighted by atomic mass is 9.96. The van der Waals surface area contributed by atoms with Crippen molar-refractivity contribution in [2.45, 2.75) is 26.7 Å². The largest absolute Gasteiger partial charge is 0.465 e. The molecule has 74 valence electrons. The molecule has 1 aliphatic rings. The van der Waals surface area contributed by atoms with Crippen LogP contribution in [0.3, 0.4) is 0 Å². The van der Waals surface area contributed by atoms with E-state index in [1.165, 1.54) is 12.8 Å². The molecule has 1 rings (SSSR count). The van der Waals surface area contributed by atoms with Crippen molar-refractivity contribution in [1.29, 1.82) is 0 Å². The van der Waals surface area contributed by atoms with Crippen LogP contribution in [0, 0.1) is 17.8 Å². The Morgan fingerprint density at radius 2 is 2.23 bits per heavy atom. The summed E-state index contributed by atoms with van der Waals surface area (Å²) in [6.07, 6.45) is 4.11. The highest BCUT2D eigenvalue weighted by molar-refractivity contribution is 5.74. The van der Waals surface area contributed by atoms with Gasteiger partial charge in [-0.25, -0.2) is 0 Å². The summed E-state index contributed by atoms with van der Waals surface area (Å²) >= 11 is 0. The Balaban J connectivity index is 2.29. The highest BCUT2D eigenvalue weighted by Gasteiger charge is 2.26. The first-order chi connectivity index (χ1) is 6.15. The van der Waals surface area contributed by atoms with Crippen LogP contribution in [0.1, 0.15) is 26.7 Å². The third kappa shape index (κ3) is 3.21. The Hall–Kier alpha value is -0.790. The molecule has 0 N–H and O–H groups in total. The summed E-state index contributed by atoms with van der Waals surface area (Å²) < 4.78 is 5.17. The summed E-state index contributed by atoms with van der Waals surface area (Å²) in [7, 11) is 0. The number of ether oxygens (including phenoxy) is 1. The number of esters is 1. The minimum absolute atomic E-state index is 0.114. The summed E-state index contributed by atoms with van der Waals surface area (Å²) in [6, 6.07) is 0. The smallest absolute Gasteiger partial charge is 0.313 e. The fourth-order valence-corrected chi connectivity index (χ4v) is 1.22. The van der Waals surface area contributed by atoms with Gasteiger partial charge in [-0.15, -0.1) is 6.58 Å². The summed E-state index contributed by atoms with van der Waals surface area (Å²) in [4.78, 5) is 11.5. The molecule has 0 bridgehead atoms. The second-order valence-electron chi connectivity index (χ2n) is 4.08. The van der Waals surface area contributed by atoms with E-state index < -0.39 is 0 Å². The van der Waals surface area contributed by atoms with Gasteiger partial charge < -0.3 is 4.74 Å². The highest BCUT2D eigenvalue weighted by atomic mass is 16.5. The van der Waals surface area contributed by atoms with E-state index in [1.54, 1.807) is 6.08 Å². The van der Waals surface area contributed by atoms with Gasteiger partial charge in [0.15, 0.2) is 0 Å².